The number of piperidine rings is 1. The number of rotatable bonds is 6. The summed E-state index contributed by atoms with van der Waals surface area (Å²) in [7, 11) is 0. The number of carbonyl (C=O) groups excluding carboxylic acids is 1. The van der Waals surface area contributed by atoms with Crippen LogP contribution in [-0.4, -0.2) is 42.4 Å². The summed E-state index contributed by atoms with van der Waals surface area (Å²) in [5.74, 6) is 0.650. The van der Waals surface area contributed by atoms with Crippen LogP contribution in [0, 0.1) is 0 Å². The van der Waals surface area contributed by atoms with E-state index in [9.17, 15) is 4.79 Å². The first-order valence-electron chi connectivity index (χ1n) is 8.22. The van der Waals surface area contributed by atoms with Gasteiger partial charge < -0.3 is 4.74 Å². The molecule has 0 amide bonds. The molecule has 0 radical (unpaired) electrons. The van der Waals surface area contributed by atoms with E-state index in [1.165, 1.54) is 32.4 Å². The van der Waals surface area contributed by atoms with Crippen LogP contribution in [0.2, 0.25) is 0 Å². The number of ether oxygens (including phenoxy) is 1. The number of hydrogen-bond donors (Lipinski definition) is 0. The average molecular weight is 310 g/mol. The fraction of sp³-hybridized carbons (Fsp3) is 0.368. The van der Waals surface area contributed by atoms with Gasteiger partial charge >= 0.3 is 0 Å². The van der Waals surface area contributed by atoms with E-state index < -0.39 is 0 Å². The maximum absolute atomic E-state index is 10.9. The Morgan fingerprint density at radius 1 is 1.09 bits per heavy atom. The molecule has 1 fully saturated rings. The number of carbonyl (C=O) groups is 1. The lowest BCUT2D eigenvalue weighted by Gasteiger charge is -2.26. The van der Waals surface area contributed by atoms with E-state index >= 15 is 0 Å². The average Bonchev–Trinajstić information content (AvgIpc) is 2.63. The normalized spacial score (nSPS) is 15.3. The molecule has 1 aromatic heterocycles. The Labute approximate surface area is 137 Å². The van der Waals surface area contributed by atoms with Crippen molar-refractivity contribution in [2.24, 2.45) is 0 Å². The highest BCUT2D eigenvalue weighted by molar-refractivity contribution is 5.78. The Bertz CT molecular complexity index is 634. The highest BCUT2D eigenvalue weighted by Crippen LogP contribution is 2.21. The minimum absolute atomic E-state index is 0.650. The number of benzene rings is 1. The number of aromatic nitrogens is 1. The maximum Gasteiger partial charge on any atom is 0.213 e. The molecule has 1 saturated heterocycles. The molecule has 2 aromatic rings. The Balaban J connectivity index is 1.55. The van der Waals surface area contributed by atoms with Crippen LogP contribution >= 0.6 is 0 Å². The standard InChI is InChI=1S/C19H22N2O2/c22-15-16-5-4-6-17(13-16)18-7-8-19(20-14-18)23-12-11-21-9-2-1-3-10-21/h4-8,13-15H,1-3,9-12H2. The van der Waals surface area contributed by atoms with Gasteiger partial charge in [-0.1, -0.05) is 24.6 Å². The zero-order valence-corrected chi connectivity index (χ0v) is 13.3. The molecular weight excluding hydrogens is 288 g/mol. The molecule has 0 bridgehead atoms. The zero-order chi connectivity index (χ0) is 15.9. The summed E-state index contributed by atoms with van der Waals surface area (Å²) in [6.45, 7) is 4.00. The van der Waals surface area contributed by atoms with Gasteiger partial charge in [0.15, 0.2) is 0 Å². The van der Waals surface area contributed by atoms with Crippen LogP contribution < -0.4 is 4.74 Å². The molecule has 0 unspecified atom stereocenters. The summed E-state index contributed by atoms with van der Waals surface area (Å²) in [5, 5.41) is 0. The zero-order valence-electron chi connectivity index (χ0n) is 13.3. The molecule has 0 aliphatic carbocycles. The highest BCUT2D eigenvalue weighted by Gasteiger charge is 2.09. The van der Waals surface area contributed by atoms with Crippen LogP contribution in [-0.2, 0) is 0 Å². The SMILES string of the molecule is O=Cc1cccc(-c2ccc(OCCN3CCCCC3)nc2)c1. The molecule has 4 heteroatoms. The van der Waals surface area contributed by atoms with E-state index in [2.05, 4.69) is 9.88 Å². The smallest absolute Gasteiger partial charge is 0.213 e. The van der Waals surface area contributed by atoms with Crippen molar-refractivity contribution in [2.45, 2.75) is 19.3 Å². The first kappa shape index (κ1) is 15.7. The minimum Gasteiger partial charge on any atom is -0.476 e. The lowest BCUT2D eigenvalue weighted by molar-refractivity contribution is 0.112. The van der Waals surface area contributed by atoms with Crippen molar-refractivity contribution in [3.63, 3.8) is 0 Å². The summed E-state index contributed by atoms with van der Waals surface area (Å²) < 4.78 is 5.74. The summed E-state index contributed by atoms with van der Waals surface area (Å²) in [4.78, 5) is 17.7. The van der Waals surface area contributed by atoms with Crippen molar-refractivity contribution in [3.05, 3.63) is 48.2 Å². The predicted octanol–water partition coefficient (Wildman–Crippen LogP) is 3.43. The molecule has 1 aliphatic rings. The number of hydrogen-bond acceptors (Lipinski definition) is 4. The van der Waals surface area contributed by atoms with Gasteiger partial charge in [-0.2, -0.15) is 0 Å². The van der Waals surface area contributed by atoms with E-state index in [-0.39, 0.29) is 0 Å². The molecule has 0 spiro atoms. The van der Waals surface area contributed by atoms with Crippen LogP contribution in [0.1, 0.15) is 29.6 Å². The second kappa shape index (κ2) is 7.88. The minimum atomic E-state index is 0.650. The Kier molecular flexibility index (Phi) is 5.37. The topological polar surface area (TPSA) is 42.4 Å². The number of pyridine rings is 1. The van der Waals surface area contributed by atoms with Crippen molar-refractivity contribution in [2.75, 3.05) is 26.2 Å². The molecule has 4 nitrogen and oxygen atoms in total. The van der Waals surface area contributed by atoms with E-state index in [1.807, 2.05) is 30.3 Å². The van der Waals surface area contributed by atoms with Crippen molar-refractivity contribution in [1.29, 1.82) is 0 Å². The maximum atomic E-state index is 10.9. The van der Waals surface area contributed by atoms with E-state index in [0.29, 0.717) is 18.1 Å². The Morgan fingerprint density at radius 3 is 2.70 bits per heavy atom. The fourth-order valence-electron chi connectivity index (χ4n) is 2.89. The third-order valence-electron chi connectivity index (χ3n) is 4.20. The van der Waals surface area contributed by atoms with E-state index in [4.69, 9.17) is 4.74 Å². The Morgan fingerprint density at radius 2 is 1.96 bits per heavy atom. The molecule has 0 N–H and O–H groups in total. The first-order chi connectivity index (χ1) is 11.3. The quantitative estimate of drug-likeness (QED) is 0.767. The molecule has 0 atom stereocenters. The van der Waals surface area contributed by atoms with Crippen molar-refractivity contribution in [3.8, 4) is 17.0 Å². The largest absolute Gasteiger partial charge is 0.476 e. The van der Waals surface area contributed by atoms with Crippen LogP contribution in [0.25, 0.3) is 11.1 Å². The molecule has 2 heterocycles. The first-order valence-corrected chi connectivity index (χ1v) is 8.22. The summed E-state index contributed by atoms with van der Waals surface area (Å²) in [5.41, 5.74) is 2.64. The molecular formula is C19H22N2O2. The molecule has 0 saturated carbocycles. The van der Waals surface area contributed by atoms with Crippen LogP contribution in [0.15, 0.2) is 42.6 Å². The lowest BCUT2D eigenvalue weighted by atomic mass is 10.1. The number of nitrogens with zero attached hydrogens (tertiary/aromatic N) is 2. The summed E-state index contributed by atoms with van der Waals surface area (Å²) in [6.07, 6.45) is 6.60. The molecule has 23 heavy (non-hydrogen) atoms. The van der Waals surface area contributed by atoms with Gasteiger partial charge in [-0.25, -0.2) is 4.98 Å². The van der Waals surface area contributed by atoms with Crippen molar-refractivity contribution < 1.29 is 9.53 Å². The van der Waals surface area contributed by atoms with Gasteiger partial charge in [-0.15, -0.1) is 0 Å². The number of aldehydes is 1. The second-order valence-electron chi connectivity index (χ2n) is 5.88. The van der Waals surface area contributed by atoms with Gasteiger partial charge in [0.2, 0.25) is 5.88 Å². The van der Waals surface area contributed by atoms with Gasteiger partial charge in [0.05, 0.1) is 0 Å². The van der Waals surface area contributed by atoms with Crippen LogP contribution in [0.4, 0.5) is 0 Å². The third-order valence-corrected chi connectivity index (χ3v) is 4.20. The van der Waals surface area contributed by atoms with Gasteiger partial charge in [0.1, 0.15) is 12.9 Å². The van der Waals surface area contributed by atoms with E-state index in [1.54, 1.807) is 12.3 Å². The monoisotopic (exact) mass is 310 g/mol. The van der Waals surface area contributed by atoms with E-state index in [0.717, 1.165) is 24.0 Å². The van der Waals surface area contributed by atoms with Gasteiger partial charge in [0.25, 0.3) is 0 Å². The summed E-state index contributed by atoms with van der Waals surface area (Å²) >= 11 is 0. The molecule has 3 rings (SSSR count). The lowest BCUT2D eigenvalue weighted by Crippen LogP contribution is -2.33. The Hall–Kier alpha value is -2.20. The predicted molar refractivity (Wildman–Crippen MR) is 90.8 cm³/mol. The molecule has 120 valence electrons. The van der Waals surface area contributed by atoms with Crippen molar-refractivity contribution >= 4 is 6.29 Å². The van der Waals surface area contributed by atoms with Crippen LogP contribution in [0.3, 0.4) is 0 Å². The molecule has 1 aromatic carbocycles. The van der Waals surface area contributed by atoms with Gasteiger partial charge in [-0.05, 0) is 43.6 Å². The third kappa shape index (κ3) is 4.39. The van der Waals surface area contributed by atoms with Crippen LogP contribution in [0.5, 0.6) is 5.88 Å². The van der Waals surface area contributed by atoms with Gasteiger partial charge in [-0.3, -0.25) is 9.69 Å². The second-order valence-corrected chi connectivity index (χ2v) is 5.88. The number of likely N-dealkylation sites (tertiary alicyclic amines) is 1. The highest BCUT2D eigenvalue weighted by atomic mass is 16.5. The summed E-state index contributed by atoms with van der Waals surface area (Å²) in [6, 6.07) is 11.4. The fourth-order valence-corrected chi connectivity index (χ4v) is 2.89. The van der Waals surface area contributed by atoms with Crippen molar-refractivity contribution in [1.82, 2.24) is 9.88 Å². The molecule has 1 aliphatic heterocycles. The van der Waals surface area contributed by atoms with Gasteiger partial charge in [0, 0.05) is 29.9 Å².